The van der Waals surface area contributed by atoms with E-state index in [9.17, 15) is 4.79 Å². The highest BCUT2D eigenvalue weighted by molar-refractivity contribution is 5.85. The third-order valence-electron chi connectivity index (χ3n) is 3.04. The molecule has 0 bridgehead atoms. The van der Waals surface area contributed by atoms with Gasteiger partial charge in [0.05, 0.1) is 0 Å². The highest BCUT2D eigenvalue weighted by atomic mass is 16.4. The van der Waals surface area contributed by atoms with Crippen molar-refractivity contribution in [2.24, 2.45) is 11.8 Å². The van der Waals surface area contributed by atoms with Gasteiger partial charge in [-0.05, 0) is 25.2 Å². The normalized spacial score (nSPS) is 16.4. The van der Waals surface area contributed by atoms with E-state index >= 15 is 0 Å². The molecule has 14 heavy (non-hydrogen) atoms. The van der Waals surface area contributed by atoms with Crippen LogP contribution in [0.25, 0.3) is 0 Å². The monoisotopic (exact) mass is 198 g/mol. The van der Waals surface area contributed by atoms with Crippen molar-refractivity contribution < 1.29 is 9.90 Å². The van der Waals surface area contributed by atoms with Gasteiger partial charge in [-0.15, -0.1) is 0 Å². The fourth-order valence-electron chi connectivity index (χ4n) is 1.55. The highest BCUT2D eigenvalue weighted by Crippen LogP contribution is 2.23. The summed E-state index contributed by atoms with van der Waals surface area (Å²) < 4.78 is 0. The molecule has 0 aliphatic carbocycles. The zero-order chi connectivity index (χ0) is 11.1. The first-order valence-electron chi connectivity index (χ1n) is 5.42. The molecule has 2 heteroatoms. The lowest BCUT2D eigenvalue weighted by Crippen LogP contribution is -2.09. The summed E-state index contributed by atoms with van der Waals surface area (Å²) in [6, 6.07) is 0. The molecule has 82 valence electrons. The van der Waals surface area contributed by atoms with Gasteiger partial charge in [0.1, 0.15) is 0 Å². The number of hydrogen-bond acceptors (Lipinski definition) is 1. The van der Waals surface area contributed by atoms with Gasteiger partial charge < -0.3 is 5.11 Å². The van der Waals surface area contributed by atoms with Gasteiger partial charge in [-0.1, -0.05) is 39.7 Å². The Morgan fingerprint density at radius 2 is 1.93 bits per heavy atom. The van der Waals surface area contributed by atoms with Gasteiger partial charge in [0.15, 0.2) is 0 Å². The molecule has 2 nitrogen and oxygen atoms in total. The molecule has 0 aromatic heterocycles. The van der Waals surface area contributed by atoms with E-state index in [1.807, 2.05) is 6.08 Å². The van der Waals surface area contributed by atoms with Gasteiger partial charge in [-0.25, -0.2) is 4.79 Å². The van der Waals surface area contributed by atoms with Crippen molar-refractivity contribution in [2.45, 2.75) is 47.0 Å². The van der Waals surface area contributed by atoms with Gasteiger partial charge in [0.2, 0.25) is 0 Å². The topological polar surface area (TPSA) is 37.3 Å². The first-order chi connectivity index (χ1) is 6.52. The molecule has 0 aromatic carbocycles. The standard InChI is InChI=1S/C12H22O2/c1-5-9(3)11(6-2)8-7-10(4)12(13)14/h7,9,11H,5-6,8H2,1-4H3,(H,13,14). The summed E-state index contributed by atoms with van der Waals surface area (Å²) >= 11 is 0. The van der Waals surface area contributed by atoms with Crippen molar-refractivity contribution in [2.75, 3.05) is 0 Å². The lowest BCUT2D eigenvalue weighted by Gasteiger charge is -2.19. The molecule has 1 N–H and O–H groups in total. The number of aliphatic carboxylic acids is 1. The van der Waals surface area contributed by atoms with E-state index in [4.69, 9.17) is 5.11 Å². The molecule has 0 saturated heterocycles. The molecule has 0 amide bonds. The number of allylic oxidation sites excluding steroid dienone is 1. The van der Waals surface area contributed by atoms with E-state index < -0.39 is 5.97 Å². The maximum atomic E-state index is 10.6. The number of rotatable bonds is 6. The molecule has 0 rings (SSSR count). The predicted octanol–water partition coefficient (Wildman–Crippen LogP) is 3.48. The SMILES string of the molecule is CCC(C)C(CC)CC=C(C)C(=O)O. The number of carboxylic acids is 1. The Bertz CT molecular complexity index is 206. The fourth-order valence-corrected chi connectivity index (χ4v) is 1.55. The summed E-state index contributed by atoms with van der Waals surface area (Å²) in [4.78, 5) is 10.6. The second-order valence-corrected chi connectivity index (χ2v) is 3.98. The van der Waals surface area contributed by atoms with Gasteiger partial charge in [-0.2, -0.15) is 0 Å². The number of carboxylic acid groups (broad SMARTS) is 1. The van der Waals surface area contributed by atoms with Gasteiger partial charge in [0.25, 0.3) is 0 Å². The van der Waals surface area contributed by atoms with Crippen LogP contribution in [0.3, 0.4) is 0 Å². The smallest absolute Gasteiger partial charge is 0.330 e. The summed E-state index contributed by atoms with van der Waals surface area (Å²) in [6.45, 7) is 8.24. The lowest BCUT2D eigenvalue weighted by molar-refractivity contribution is -0.132. The van der Waals surface area contributed by atoms with Gasteiger partial charge in [0, 0.05) is 5.57 Å². The maximum Gasteiger partial charge on any atom is 0.330 e. The van der Waals surface area contributed by atoms with Gasteiger partial charge >= 0.3 is 5.97 Å². The lowest BCUT2D eigenvalue weighted by atomic mass is 9.86. The summed E-state index contributed by atoms with van der Waals surface area (Å²) in [5.74, 6) is 0.496. The van der Waals surface area contributed by atoms with Crippen LogP contribution in [-0.2, 0) is 4.79 Å². The minimum absolute atomic E-state index is 0.465. The second-order valence-electron chi connectivity index (χ2n) is 3.98. The van der Waals surface area contributed by atoms with E-state index in [0.29, 0.717) is 17.4 Å². The zero-order valence-corrected chi connectivity index (χ0v) is 9.71. The molecule has 0 radical (unpaired) electrons. The number of hydrogen-bond donors (Lipinski definition) is 1. The van der Waals surface area contributed by atoms with Crippen LogP contribution < -0.4 is 0 Å². The van der Waals surface area contributed by atoms with E-state index in [1.54, 1.807) is 6.92 Å². The van der Waals surface area contributed by atoms with Crippen molar-refractivity contribution in [1.29, 1.82) is 0 Å². The summed E-state index contributed by atoms with van der Waals surface area (Å²) in [7, 11) is 0. The van der Waals surface area contributed by atoms with Crippen LogP contribution in [0.1, 0.15) is 47.0 Å². The van der Waals surface area contributed by atoms with Crippen molar-refractivity contribution in [3.8, 4) is 0 Å². The molecule has 0 saturated carbocycles. The Balaban J connectivity index is 4.20. The van der Waals surface area contributed by atoms with Crippen LogP contribution in [0.5, 0.6) is 0 Å². The Kier molecular flexibility index (Phi) is 6.26. The molecule has 0 aliphatic rings. The minimum Gasteiger partial charge on any atom is -0.478 e. The maximum absolute atomic E-state index is 10.6. The molecular weight excluding hydrogens is 176 g/mol. The van der Waals surface area contributed by atoms with E-state index in [1.165, 1.54) is 6.42 Å². The molecular formula is C12H22O2. The molecule has 0 aromatic rings. The number of carbonyl (C=O) groups is 1. The Labute approximate surface area is 87.0 Å². The minimum atomic E-state index is -0.802. The third-order valence-corrected chi connectivity index (χ3v) is 3.04. The van der Waals surface area contributed by atoms with Crippen molar-refractivity contribution >= 4 is 5.97 Å². The van der Waals surface area contributed by atoms with Gasteiger partial charge in [-0.3, -0.25) is 0 Å². The molecule has 0 fully saturated rings. The van der Waals surface area contributed by atoms with E-state index in [2.05, 4.69) is 20.8 Å². The van der Waals surface area contributed by atoms with Crippen LogP contribution in [0.4, 0.5) is 0 Å². The Morgan fingerprint density at radius 1 is 1.36 bits per heavy atom. The largest absolute Gasteiger partial charge is 0.478 e. The average Bonchev–Trinajstić information content (AvgIpc) is 2.17. The fraction of sp³-hybridized carbons (Fsp3) is 0.750. The zero-order valence-electron chi connectivity index (χ0n) is 9.71. The summed E-state index contributed by atoms with van der Waals surface area (Å²) in [5.41, 5.74) is 0.465. The summed E-state index contributed by atoms with van der Waals surface area (Å²) in [5, 5.41) is 8.70. The van der Waals surface area contributed by atoms with Crippen molar-refractivity contribution in [1.82, 2.24) is 0 Å². The van der Waals surface area contributed by atoms with Crippen LogP contribution in [0, 0.1) is 11.8 Å². The van der Waals surface area contributed by atoms with Crippen LogP contribution >= 0.6 is 0 Å². The molecule has 0 heterocycles. The highest BCUT2D eigenvalue weighted by Gasteiger charge is 2.12. The third kappa shape index (κ3) is 4.45. The average molecular weight is 198 g/mol. The Hall–Kier alpha value is -0.790. The van der Waals surface area contributed by atoms with Crippen LogP contribution in [-0.4, -0.2) is 11.1 Å². The van der Waals surface area contributed by atoms with Crippen LogP contribution in [0.15, 0.2) is 11.6 Å². The van der Waals surface area contributed by atoms with Crippen LogP contribution in [0.2, 0.25) is 0 Å². The Morgan fingerprint density at radius 3 is 2.29 bits per heavy atom. The second kappa shape index (κ2) is 6.63. The summed E-state index contributed by atoms with van der Waals surface area (Å²) in [6.07, 6.45) is 5.03. The first-order valence-corrected chi connectivity index (χ1v) is 5.42. The molecule has 0 spiro atoms. The molecule has 2 unspecified atom stereocenters. The van der Waals surface area contributed by atoms with E-state index in [0.717, 1.165) is 12.8 Å². The first kappa shape index (κ1) is 13.2. The van der Waals surface area contributed by atoms with Crippen molar-refractivity contribution in [3.05, 3.63) is 11.6 Å². The molecule has 2 atom stereocenters. The predicted molar refractivity (Wildman–Crippen MR) is 59.2 cm³/mol. The van der Waals surface area contributed by atoms with E-state index in [-0.39, 0.29) is 0 Å². The quantitative estimate of drug-likeness (QED) is 0.663. The van der Waals surface area contributed by atoms with Crippen molar-refractivity contribution in [3.63, 3.8) is 0 Å². The molecule has 0 aliphatic heterocycles.